The molecule has 1 atom stereocenters. The van der Waals surface area contributed by atoms with Gasteiger partial charge < -0.3 is 20.8 Å². The first kappa shape index (κ1) is 19.7. The number of amides is 2. The molecule has 0 bridgehead atoms. The Balaban J connectivity index is 2.52. The van der Waals surface area contributed by atoms with Crippen LogP contribution < -0.4 is 20.5 Å². The lowest BCUT2D eigenvalue weighted by molar-refractivity contribution is -0.118. The summed E-state index contributed by atoms with van der Waals surface area (Å²) < 4.78 is 23.5. The van der Waals surface area contributed by atoms with Gasteiger partial charge in [-0.2, -0.15) is 8.42 Å². The maximum Gasteiger partial charge on any atom is 0.405 e. The molecule has 10 nitrogen and oxygen atoms in total. The fraction of sp³-hybridized carbons (Fsp3) is 0.385. The number of phenols is 1. The molecule has 134 valence electrons. The van der Waals surface area contributed by atoms with Gasteiger partial charge in [-0.15, -0.1) is 0 Å². The zero-order valence-electron chi connectivity index (χ0n) is 12.7. The van der Waals surface area contributed by atoms with Gasteiger partial charge in [0, 0.05) is 12.2 Å². The second kappa shape index (κ2) is 9.05. The number of nitrogens with one attached hydrogen (secondary N) is 3. The SMILES string of the molecule is NS(=O)(=O)NCCCCC(NC(=O)O)C(=O)Nc1ccc(O)cc1. The summed E-state index contributed by atoms with van der Waals surface area (Å²) in [6.45, 7) is 0.0954. The molecule has 11 heteroatoms. The molecule has 2 amide bonds. The third-order valence-corrected chi connectivity index (χ3v) is 3.58. The number of aromatic hydroxyl groups is 1. The van der Waals surface area contributed by atoms with Crippen molar-refractivity contribution in [3.8, 4) is 5.75 Å². The molecule has 0 radical (unpaired) electrons. The van der Waals surface area contributed by atoms with Crippen molar-refractivity contribution < 1.29 is 28.2 Å². The van der Waals surface area contributed by atoms with E-state index >= 15 is 0 Å². The molecule has 1 aromatic carbocycles. The Morgan fingerprint density at radius 1 is 1.17 bits per heavy atom. The molecule has 0 fully saturated rings. The van der Waals surface area contributed by atoms with E-state index in [2.05, 4.69) is 15.4 Å². The standard InChI is InChI=1S/C13H20N4O6S/c14-24(22,23)15-8-2-1-3-11(17-13(20)21)12(19)16-9-4-6-10(18)7-5-9/h4-7,11,15,17-18H,1-3,8H2,(H,16,19)(H,20,21)(H2,14,22,23). The van der Waals surface area contributed by atoms with Gasteiger partial charge in [-0.3, -0.25) is 4.79 Å². The summed E-state index contributed by atoms with van der Waals surface area (Å²) in [5, 5.41) is 27.4. The van der Waals surface area contributed by atoms with Crippen molar-refractivity contribution in [1.29, 1.82) is 0 Å². The number of nitrogens with two attached hydrogens (primary N) is 1. The molecule has 0 heterocycles. The topological polar surface area (TPSA) is 171 Å². The molecule has 0 aliphatic heterocycles. The smallest absolute Gasteiger partial charge is 0.405 e. The number of phenolic OH excluding ortho intramolecular Hbond substituents is 1. The van der Waals surface area contributed by atoms with Gasteiger partial charge in [-0.25, -0.2) is 14.7 Å². The normalized spacial score (nSPS) is 12.4. The van der Waals surface area contributed by atoms with Crippen LogP contribution in [0.5, 0.6) is 5.75 Å². The summed E-state index contributed by atoms with van der Waals surface area (Å²) in [7, 11) is -3.76. The van der Waals surface area contributed by atoms with Crippen molar-refractivity contribution in [3.05, 3.63) is 24.3 Å². The number of carbonyl (C=O) groups is 2. The van der Waals surface area contributed by atoms with Crippen LogP contribution >= 0.6 is 0 Å². The fourth-order valence-corrected chi connectivity index (χ4v) is 2.31. The highest BCUT2D eigenvalue weighted by atomic mass is 32.2. The third kappa shape index (κ3) is 8.31. The lowest BCUT2D eigenvalue weighted by Gasteiger charge is -2.16. The van der Waals surface area contributed by atoms with Crippen molar-refractivity contribution in [1.82, 2.24) is 10.0 Å². The first-order valence-corrected chi connectivity index (χ1v) is 8.59. The Labute approximate surface area is 139 Å². The minimum absolute atomic E-state index is 0.0376. The van der Waals surface area contributed by atoms with Gasteiger partial charge in [0.05, 0.1) is 0 Å². The molecule has 0 saturated heterocycles. The van der Waals surface area contributed by atoms with Gasteiger partial charge in [0.1, 0.15) is 11.8 Å². The molecule has 1 rings (SSSR count). The number of hydrogen-bond acceptors (Lipinski definition) is 5. The largest absolute Gasteiger partial charge is 0.508 e. The molecule has 0 saturated carbocycles. The highest BCUT2D eigenvalue weighted by Gasteiger charge is 2.20. The van der Waals surface area contributed by atoms with Crippen LogP contribution in [0, 0.1) is 0 Å². The Kier molecular flexibility index (Phi) is 7.42. The summed E-state index contributed by atoms with van der Waals surface area (Å²) in [4.78, 5) is 22.9. The van der Waals surface area contributed by atoms with E-state index in [1.165, 1.54) is 24.3 Å². The van der Waals surface area contributed by atoms with Crippen molar-refractivity contribution in [2.75, 3.05) is 11.9 Å². The van der Waals surface area contributed by atoms with Gasteiger partial charge in [0.15, 0.2) is 0 Å². The summed E-state index contributed by atoms with van der Waals surface area (Å²) in [6.07, 6.45) is -0.372. The van der Waals surface area contributed by atoms with Gasteiger partial charge >= 0.3 is 6.09 Å². The van der Waals surface area contributed by atoms with Crippen molar-refractivity contribution in [2.24, 2.45) is 5.14 Å². The monoisotopic (exact) mass is 360 g/mol. The van der Waals surface area contributed by atoms with Crippen LogP contribution in [-0.4, -0.2) is 43.2 Å². The number of anilines is 1. The van der Waals surface area contributed by atoms with Gasteiger partial charge in [-0.05, 0) is 43.5 Å². The van der Waals surface area contributed by atoms with Crippen molar-refractivity contribution in [2.45, 2.75) is 25.3 Å². The number of carbonyl (C=O) groups excluding carboxylic acids is 1. The fourth-order valence-electron chi connectivity index (χ4n) is 1.88. The molecule has 1 unspecified atom stereocenters. The second-order valence-corrected chi connectivity index (χ2v) is 6.35. The summed E-state index contributed by atoms with van der Waals surface area (Å²) in [5.74, 6) is -0.516. The molecular formula is C13H20N4O6S. The first-order valence-electron chi connectivity index (χ1n) is 7.04. The summed E-state index contributed by atoms with van der Waals surface area (Å²) >= 11 is 0. The molecule has 0 aliphatic carbocycles. The number of unbranched alkanes of at least 4 members (excludes halogenated alkanes) is 1. The van der Waals surface area contributed by atoms with Crippen LogP contribution in [0.4, 0.5) is 10.5 Å². The third-order valence-electron chi connectivity index (χ3n) is 2.97. The van der Waals surface area contributed by atoms with Gasteiger partial charge in [0.2, 0.25) is 5.91 Å². The van der Waals surface area contributed by atoms with Crippen LogP contribution in [0.25, 0.3) is 0 Å². The van der Waals surface area contributed by atoms with Gasteiger partial charge in [-0.1, -0.05) is 0 Å². The number of rotatable bonds is 9. The highest BCUT2D eigenvalue weighted by Crippen LogP contribution is 2.14. The summed E-state index contributed by atoms with van der Waals surface area (Å²) in [5.41, 5.74) is 0.408. The Hall–Kier alpha value is -2.37. The quantitative estimate of drug-likeness (QED) is 0.266. The van der Waals surface area contributed by atoms with E-state index in [1.807, 2.05) is 0 Å². The minimum Gasteiger partial charge on any atom is -0.508 e. The first-order chi connectivity index (χ1) is 11.2. The van der Waals surface area contributed by atoms with Crippen LogP contribution in [0.15, 0.2) is 24.3 Å². The minimum atomic E-state index is -3.76. The Bertz CT molecular complexity index is 662. The van der Waals surface area contributed by atoms with E-state index in [-0.39, 0.29) is 18.7 Å². The maximum atomic E-state index is 12.1. The molecule has 24 heavy (non-hydrogen) atoms. The molecule has 7 N–H and O–H groups in total. The number of benzene rings is 1. The van der Waals surface area contributed by atoms with E-state index in [9.17, 15) is 23.1 Å². The highest BCUT2D eigenvalue weighted by molar-refractivity contribution is 7.87. The maximum absolute atomic E-state index is 12.1. The lowest BCUT2D eigenvalue weighted by Crippen LogP contribution is -2.43. The molecule has 0 aliphatic rings. The average molecular weight is 360 g/mol. The van der Waals surface area contributed by atoms with E-state index in [1.54, 1.807) is 0 Å². The van der Waals surface area contributed by atoms with Crippen molar-refractivity contribution in [3.63, 3.8) is 0 Å². The number of hydrogen-bond donors (Lipinski definition) is 6. The van der Waals surface area contributed by atoms with E-state index < -0.39 is 28.3 Å². The van der Waals surface area contributed by atoms with Crippen LogP contribution in [0.1, 0.15) is 19.3 Å². The predicted octanol–water partition coefficient (Wildman–Crippen LogP) is -0.0697. The van der Waals surface area contributed by atoms with E-state index in [0.29, 0.717) is 18.5 Å². The van der Waals surface area contributed by atoms with E-state index in [4.69, 9.17) is 10.2 Å². The second-order valence-electron chi connectivity index (χ2n) is 4.97. The van der Waals surface area contributed by atoms with E-state index in [0.717, 1.165) is 0 Å². The lowest BCUT2D eigenvalue weighted by atomic mass is 10.1. The molecule has 0 aromatic heterocycles. The van der Waals surface area contributed by atoms with Crippen LogP contribution in [0.2, 0.25) is 0 Å². The zero-order chi connectivity index (χ0) is 18.2. The van der Waals surface area contributed by atoms with Crippen molar-refractivity contribution >= 4 is 27.9 Å². The predicted molar refractivity (Wildman–Crippen MR) is 86.6 cm³/mol. The summed E-state index contributed by atoms with van der Waals surface area (Å²) in [6, 6.07) is 4.72. The Morgan fingerprint density at radius 3 is 2.33 bits per heavy atom. The zero-order valence-corrected chi connectivity index (χ0v) is 13.5. The van der Waals surface area contributed by atoms with Gasteiger partial charge in [0.25, 0.3) is 10.2 Å². The average Bonchev–Trinajstić information content (AvgIpc) is 2.46. The van der Waals surface area contributed by atoms with Crippen LogP contribution in [-0.2, 0) is 15.0 Å². The molecule has 1 aromatic rings. The molecule has 0 spiro atoms. The molecular weight excluding hydrogens is 340 g/mol. The van der Waals surface area contributed by atoms with Crippen LogP contribution in [0.3, 0.4) is 0 Å². The Morgan fingerprint density at radius 2 is 1.79 bits per heavy atom. The number of carboxylic acid groups (broad SMARTS) is 1.